The zero-order valence-electron chi connectivity index (χ0n) is 9.64. The van der Waals surface area contributed by atoms with Crippen molar-refractivity contribution in [1.29, 1.82) is 0 Å². The summed E-state index contributed by atoms with van der Waals surface area (Å²) in [6.07, 6.45) is 0. The van der Waals surface area contributed by atoms with Crippen molar-refractivity contribution in [3.63, 3.8) is 0 Å². The smallest absolute Gasteiger partial charge is 0.387 e. The maximum absolute atomic E-state index is 12.1. The van der Waals surface area contributed by atoms with Crippen molar-refractivity contribution in [2.45, 2.75) is 19.6 Å². The van der Waals surface area contributed by atoms with Crippen LogP contribution in [0.5, 0.6) is 5.75 Å². The first-order valence-corrected chi connectivity index (χ1v) is 6.20. The summed E-state index contributed by atoms with van der Waals surface area (Å²) in [7, 11) is 0. The Bertz CT molecular complexity index is 528. The third-order valence-corrected chi connectivity index (χ3v) is 3.31. The first kappa shape index (κ1) is 12.9. The molecule has 0 fully saturated rings. The lowest BCUT2D eigenvalue weighted by Crippen LogP contribution is -2.04. The quantitative estimate of drug-likeness (QED) is 0.925. The topological polar surface area (TPSA) is 48.1 Å². The van der Waals surface area contributed by atoms with E-state index in [-0.39, 0.29) is 11.8 Å². The van der Waals surface area contributed by atoms with Crippen molar-refractivity contribution >= 4 is 11.3 Å². The van der Waals surface area contributed by atoms with E-state index in [1.54, 1.807) is 12.1 Å². The summed E-state index contributed by atoms with van der Waals surface area (Å²) in [5, 5.41) is 2.66. The van der Waals surface area contributed by atoms with Crippen molar-refractivity contribution in [3.05, 3.63) is 34.7 Å². The van der Waals surface area contributed by atoms with Crippen LogP contribution in [0.4, 0.5) is 8.78 Å². The number of nitrogens with zero attached hydrogens (tertiary/aromatic N) is 1. The maximum Gasteiger partial charge on any atom is 0.387 e. The number of aromatic nitrogens is 1. The molecule has 0 aliphatic heterocycles. The van der Waals surface area contributed by atoms with Crippen LogP contribution in [0.25, 0.3) is 11.3 Å². The highest BCUT2D eigenvalue weighted by molar-refractivity contribution is 7.10. The van der Waals surface area contributed by atoms with E-state index in [0.29, 0.717) is 5.69 Å². The van der Waals surface area contributed by atoms with Crippen LogP contribution in [0.3, 0.4) is 0 Å². The average Bonchev–Trinajstić information content (AvgIpc) is 2.77. The minimum atomic E-state index is -2.82. The Morgan fingerprint density at radius 2 is 2.17 bits per heavy atom. The number of thiazole rings is 1. The molecule has 0 aliphatic carbocycles. The summed E-state index contributed by atoms with van der Waals surface area (Å²) >= 11 is 1.45. The van der Waals surface area contributed by atoms with Crippen molar-refractivity contribution < 1.29 is 13.5 Å². The van der Waals surface area contributed by atoms with Gasteiger partial charge in [0.25, 0.3) is 0 Å². The van der Waals surface area contributed by atoms with Gasteiger partial charge >= 0.3 is 6.61 Å². The number of hydrogen-bond acceptors (Lipinski definition) is 4. The van der Waals surface area contributed by atoms with Crippen LogP contribution in [0.15, 0.2) is 29.6 Å². The van der Waals surface area contributed by atoms with Crippen molar-refractivity contribution in [1.82, 2.24) is 4.98 Å². The Hall–Kier alpha value is -1.53. The molecule has 0 spiro atoms. The second-order valence-electron chi connectivity index (χ2n) is 3.77. The summed E-state index contributed by atoms with van der Waals surface area (Å²) in [5.41, 5.74) is 7.17. The molecule has 2 N–H and O–H groups in total. The van der Waals surface area contributed by atoms with Gasteiger partial charge in [0, 0.05) is 10.9 Å². The van der Waals surface area contributed by atoms with Gasteiger partial charge in [-0.25, -0.2) is 4.98 Å². The molecule has 0 saturated carbocycles. The van der Waals surface area contributed by atoms with Crippen LogP contribution in [0.1, 0.15) is 18.0 Å². The van der Waals surface area contributed by atoms with Gasteiger partial charge in [-0.15, -0.1) is 11.3 Å². The van der Waals surface area contributed by atoms with Crippen LogP contribution in [0.2, 0.25) is 0 Å². The molecule has 0 saturated heterocycles. The fourth-order valence-corrected chi connectivity index (χ4v) is 2.25. The van der Waals surface area contributed by atoms with Crippen molar-refractivity contribution in [3.8, 4) is 17.0 Å². The lowest BCUT2D eigenvalue weighted by molar-refractivity contribution is -0.0498. The van der Waals surface area contributed by atoms with E-state index in [1.807, 2.05) is 12.3 Å². The molecule has 1 heterocycles. The Morgan fingerprint density at radius 1 is 1.39 bits per heavy atom. The molecule has 2 rings (SSSR count). The average molecular weight is 270 g/mol. The third-order valence-electron chi connectivity index (χ3n) is 2.27. The molecular formula is C12H12F2N2OS. The molecule has 0 bridgehead atoms. The highest BCUT2D eigenvalue weighted by Crippen LogP contribution is 2.27. The largest absolute Gasteiger partial charge is 0.435 e. The number of rotatable bonds is 4. The van der Waals surface area contributed by atoms with Crippen LogP contribution < -0.4 is 10.5 Å². The van der Waals surface area contributed by atoms with Crippen molar-refractivity contribution in [2.24, 2.45) is 5.73 Å². The van der Waals surface area contributed by atoms with Crippen LogP contribution >= 0.6 is 11.3 Å². The SMILES string of the molecule is CC(N)c1nc(-c2cccc(OC(F)F)c2)cs1. The van der Waals surface area contributed by atoms with Crippen molar-refractivity contribution in [2.75, 3.05) is 0 Å². The zero-order chi connectivity index (χ0) is 13.1. The molecule has 0 radical (unpaired) electrons. The van der Waals surface area contributed by atoms with Gasteiger partial charge in [0.05, 0.1) is 11.7 Å². The number of nitrogens with two attached hydrogens (primary N) is 1. The number of alkyl halides is 2. The maximum atomic E-state index is 12.1. The molecule has 3 nitrogen and oxygen atoms in total. The van der Waals surface area contributed by atoms with E-state index in [4.69, 9.17) is 5.73 Å². The van der Waals surface area contributed by atoms with E-state index in [2.05, 4.69) is 9.72 Å². The summed E-state index contributed by atoms with van der Waals surface area (Å²) in [6.45, 7) is -0.978. The molecule has 1 aromatic heterocycles. The second-order valence-corrected chi connectivity index (χ2v) is 4.66. The molecule has 1 unspecified atom stereocenters. The van der Waals surface area contributed by atoms with Gasteiger partial charge in [-0.3, -0.25) is 0 Å². The zero-order valence-corrected chi connectivity index (χ0v) is 10.5. The molecule has 1 aromatic carbocycles. The van der Waals surface area contributed by atoms with E-state index in [0.717, 1.165) is 10.6 Å². The minimum absolute atomic E-state index is 0.123. The highest BCUT2D eigenvalue weighted by Gasteiger charge is 2.10. The molecule has 0 aliphatic rings. The molecule has 0 amide bonds. The molecule has 96 valence electrons. The standard InChI is InChI=1S/C12H12F2N2OS/c1-7(15)11-16-10(6-18-11)8-3-2-4-9(5-8)17-12(13)14/h2-7,12H,15H2,1H3. The number of halogens is 2. The van der Waals surface area contributed by atoms with E-state index >= 15 is 0 Å². The van der Waals surface area contributed by atoms with Gasteiger partial charge in [-0.1, -0.05) is 12.1 Å². The molecule has 6 heteroatoms. The summed E-state index contributed by atoms with van der Waals surface area (Å²) in [5.74, 6) is 0.123. The van der Waals surface area contributed by atoms with E-state index in [1.165, 1.54) is 23.5 Å². The van der Waals surface area contributed by atoms with Gasteiger partial charge < -0.3 is 10.5 Å². The second kappa shape index (κ2) is 5.41. The Kier molecular flexibility index (Phi) is 3.88. The predicted octanol–water partition coefficient (Wildman–Crippen LogP) is 3.43. The summed E-state index contributed by atoms with van der Waals surface area (Å²) < 4.78 is 28.6. The molecule has 18 heavy (non-hydrogen) atoms. The monoisotopic (exact) mass is 270 g/mol. The van der Waals surface area contributed by atoms with Gasteiger partial charge in [0.1, 0.15) is 10.8 Å². The van der Waals surface area contributed by atoms with Crippen LogP contribution in [-0.4, -0.2) is 11.6 Å². The fourth-order valence-electron chi connectivity index (χ4n) is 1.46. The van der Waals surface area contributed by atoms with Gasteiger partial charge in [-0.05, 0) is 19.1 Å². The Labute approximate surface area is 107 Å². The Morgan fingerprint density at radius 3 is 2.78 bits per heavy atom. The van der Waals surface area contributed by atoms with Gasteiger partial charge in [-0.2, -0.15) is 8.78 Å². The molecule has 2 aromatic rings. The van der Waals surface area contributed by atoms with Crippen LogP contribution in [0, 0.1) is 0 Å². The highest BCUT2D eigenvalue weighted by atomic mass is 32.1. The van der Waals surface area contributed by atoms with Crippen LogP contribution in [-0.2, 0) is 0 Å². The fraction of sp³-hybridized carbons (Fsp3) is 0.250. The van der Waals surface area contributed by atoms with E-state index < -0.39 is 6.61 Å². The number of hydrogen-bond donors (Lipinski definition) is 1. The summed E-state index contributed by atoms with van der Waals surface area (Å²) in [6, 6.07) is 6.32. The minimum Gasteiger partial charge on any atom is -0.435 e. The normalized spacial score (nSPS) is 12.7. The third kappa shape index (κ3) is 3.02. The predicted molar refractivity (Wildman–Crippen MR) is 66.8 cm³/mol. The molecule has 1 atom stereocenters. The first-order valence-electron chi connectivity index (χ1n) is 5.32. The number of benzene rings is 1. The van der Waals surface area contributed by atoms with Gasteiger partial charge in [0.2, 0.25) is 0 Å². The molecular weight excluding hydrogens is 258 g/mol. The first-order chi connectivity index (χ1) is 8.56. The van der Waals surface area contributed by atoms with E-state index in [9.17, 15) is 8.78 Å². The van der Waals surface area contributed by atoms with Gasteiger partial charge in [0.15, 0.2) is 0 Å². The Balaban J connectivity index is 2.26. The number of ether oxygens (including phenoxy) is 1. The summed E-state index contributed by atoms with van der Waals surface area (Å²) in [4.78, 5) is 4.35. The lowest BCUT2D eigenvalue weighted by Gasteiger charge is -2.05. The lowest BCUT2D eigenvalue weighted by atomic mass is 10.1.